The minimum Gasteiger partial charge on any atom is -0.397 e. The van der Waals surface area contributed by atoms with Gasteiger partial charge in [-0.2, -0.15) is 0 Å². The fraction of sp³-hybridized carbons (Fsp3) is 0.0833. The molecule has 0 aliphatic carbocycles. The Labute approximate surface area is 101 Å². The summed E-state index contributed by atoms with van der Waals surface area (Å²) in [7, 11) is 0. The van der Waals surface area contributed by atoms with Gasteiger partial charge in [0.05, 0.1) is 17.6 Å². The van der Waals surface area contributed by atoms with Gasteiger partial charge in [0.2, 0.25) is 0 Å². The third kappa shape index (κ3) is 2.37. The van der Waals surface area contributed by atoms with Crippen molar-refractivity contribution in [3.05, 3.63) is 47.4 Å². The summed E-state index contributed by atoms with van der Waals surface area (Å²) >= 11 is 0. The SMILES string of the molecule is Cc1cc(N)cnc1Nc1cc(F)cc(F)c1F. The van der Waals surface area contributed by atoms with E-state index in [1.165, 1.54) is 6.20 Å². The zero-order valence-electron chi connectivity index (χ0n) is 9.47. The molecule has 2 aromatic rings. The van der Waals surface area contributed by atoms with E-state index < -0.39 is 17.5 Å². The normalized spacial score (nSPS) is 10.4. The van der Waals surface area contributed by atoms with Crippen LogP contribution in [0.5, 0.6) is 0 Å². The summed E-state index contributed by atoms with van der Waals surface area (Å²) in [6, 6.07) is 2.95. The average Bonchev–Trinajstić information content (AvgIpc) is 2.29. The first-order valence-electron chi connectivity index (χ1n) is 5.11. The lowest BCUT2D eigenvalue weighted by Crippen LogP contribution is -2.02. The standard InChI is InChI=1S/C12H10F3N3/c1-6-2-8(16)5-17-12(6)18-10-4-7(13)3-9(14)11(10)15/h2-5H,16H2,1H3,(H,17,18). The van der Waals surface area contributed by atoms with E-state index in [1.807, 2.05) is 0 Å². The molecule has 18 heavy (non-hydrogen) atoms. The zero-order chi connectivity index (χ0) is 13.3. The molecule has 2 rings (SSSR count). The topological polar surface area (TPSA) is 50.9 Å². The second kappa shape index (κ2) is 4.56. The molecule has 0 aliphatic heterocycles. The first-order chi connectivity index (χ1) is 8.47. The maximum absolute atomic E-state index is 13.4. The van der Waals surface area contributed by atoms with Gasteiger partial charge in [-0.25, -0.2) is 18.2 Å². The number of hydrogen-bond donors (Lipinski definition) is 2. The van der Waals surface area contributed by atoms with E-state index in [-0.39, 0.29) is 11.5 Å². The Morgan fingerprint density at radius 2 is 1.89 bits per heavy atom. The molecule has 3 nitrogen and oxygen atoms in total. The molecule has 0 spiro atoms. The Kier molecular flexibility index (Phi) is 3.10. The molecule has 1 aromatic carbocycles. The van der Waals surface area contributed by atoms with Crippen molar-refractivity contribution in [1.82, 2.24) is 4.98 Å². The summed E-state index contributed by atoms with van der Waals surface area (Å²) in [4.78, 5) is 3.93. The number of anilines is 3. The number of nitrogens with two attached hydrogens (primary N) is 1. The van der Waals surface area contributed by atoms with Gasteiger partial charge in [-0.05, 0) is 18.6 Å². The van der Waals surface area contributed by atoms with E-state index in [2.05, 4.69) is 10.3 Å². The van der Waals surface area contributed by atoms with Crippen LogP contribution in [0.2, 0.25) is 0 Å². The monoisotopic (exact) mass is 253 g/mol. The highest BCUT2D eigenvalue weighted by Crippen LogP contribution is 2.24. The second-order valence-electron chi connectivity index (χ2n) is 3.81. The average molecular weight is 253 g/mol. The number of aryl methyl sites for hydroxylation is 1. The van der Waals surface area contributed by atoms with Crippen LogP contribution in [0.15, 0.2) is 24.4 Å². The van der Waals surface area contributed by atoms with E-state index in [0.29, 0.717) is 17.3 Å². The molecule has 1 aromatic heterocycles. The molecule has 1 heterocycles. The Hall–Kier alpha value is -2.24. The quantitative estimate of drug-likeness (QED) is 0.808. The first-order valence-corrected chi connectivity index (χ1v) is 5.11. The highest BCUT2D eigenvalue weighted by atomic mass is 19.2. The lowest BCUT2D eigenvalue weighted by atomic mass is 10.2. The van der Waals surface area contributed by atoms with Gasteiger partial charge in [0.15, 0.2) is 11.6 Å². The third-order valence-electron chi connectivity index (χ3n) is 2.35. The van der Waals surface area contributed by atoms with Crippen LogP contribution in [0.3, 0.4) is 0 Å². The van der Waals surface area contributed by atoms with Crippen molar-refractivity contribution in [1.29, 1.82) is 0 Å². The number of halogens is 3. The van der Waals surface area contributed by atoms with Crippen LogP contribution < -0.4 is 11.1 Å². The molecule has 0 saturated heterocycles. The summed E-state index contributed by atoms with van der Waals surface area (Å²) in [5.74, 6) is -3.00. The Balaban J connectivity index is 2.40. The lowest BCUT2D eigenvalue weighted by molar-refractivity contribution is 0.498. The number of nitrogens with one attached hydrogen (secondary N) is 1. The third-order valence-corrected chi connectivity index (χ3v) is 2.35. The first kappa shape index (κ1) is 12.2. The Morgan fingerprint density at radius 1 is 1.17 bits per heavy atom. The molecule has 0 unspecified atom stereocenters. The predicted octanol–water partition coefficient (Wildman–Crippen LogP) is 3.13. The number of pyridine rings is 1. The van der Waals surface area contributed by atoms with Crippen LogP contribution in [-0.2, 0) is 0 Å². The number of aromatic nitrogens is 1. The Bertz CT molecular complexity index is 599. The van der Waals surface area contributed by atoms with Crippen LogP contribution in [0.25, 0.3) is 0 Å². The molecule has 0 fully saturated rings. The van der Waals surface area contributed by atoms with Crippen LogP contribution >= 0.6 is 0 Å². The van der Waals surface area contributed by atoms with Gasteiger partial charge in [-0.3, -0.25) is 0 Å². The zero-order valence-corrected chi connectivity index (χ0v) is 9.47. The Morgan fingerprint density at radius 3 is 2.56 bits per heavy atom. The fourth-order valence-electron chi connectivity index (χ4n) is 1.50. The van der Waals surface area contributed by atoms with Gasteiger partial charge in [0.25, 0.3) is 0 Å². The number of hydrogen-bond acceptors (Lipinski definition) is 3. The number of benzene rings is 1. The molecule has 3 N–H and O–H groups in total. The molecule has 0 saturated carbocycles. The van der Waals surface area contributed by atoms with Crippen molar-refractivity contribution in [2.45, 2.75) is 6.92 Å². The summed E-state index contributed by atoms with van der Waals surface area (Å²) in [5, 5.41) is 2.53. The molecule has 0 atom stereocenters. The molecule has 6 heteroatoms. The summed E-state index contributed by atoms with van der Waals surface area (Å²) < 4.78 is 39.4. The molecule has 0 bridgehead atoms. The molecule has 0 amide bonds. The van der Waals surface area contributed by atoms with Gasteiger partial charge in [-0.1, -0.05) is 0 Å². The van der Waals surface area contributed by atoms with Crippen LogP contribution in [-0.4, -0.2) is 4.98 Å². The summed E-state index contributed by atoms with van der Waals surface area (Å²) in [5.41, 5.74) is 6.29. The van der Waals surface area contributed by atoms with E-state index in [0.717, 1.165) is 6.07 Å². The fourth-order valence-corrected chi connectivity index (χ4v) is 1.50. The van der Waals surface area contributed by atoms with Crippen molar-refractivity contribution in [2.75, 3.05) is 11.1 Å². The van der Waals surface area contributed by atoms with Crippen LogP contribution in [0.1, 0.15) is 5.56 Å². The smallest absolute Gasteiger partial charge is 0.182 e. The highest BCUT2D eigenvalue weighted by molar-refractivity contribution is 5.61. The molecule has 0 aliphatic rings. The van der Waals surface area contributed by atoms with Crippen molar-refractivity contribution >= 4 is 17.2 Å². The maximum Gasteiger partial charge on any atom is 0.182 e. The molecule has 0 radical (unpaired) electrons. The van der Waals surface area contributed by atoms with Crippen molar-refractivity contribution < 1.29 is 13.2 Å². The van der Waals surface area contributed by atoms with Gasteiger partial charge in [0, 0.05) is 12.1 Å². The second-order valence-corrected chi connectivity index (χ2v) is 3.81. The highest BCUT2D eigenvalue weighted by Gasteiger charge is 2.12. The van der Waals surface area contributed by atoms with Gasteiger partial charge >= 0.3 is 0 Å². The minimum absolute atomic E-state index is 0.285. The number of rotatable bonds is 2. The van der Waals surface area contributed by atoms with Crippen molar-refractivity contribution in [3.63, 3.8) is 0 Å². The van der Waals surface area contributed by atoms with Crippen molar-refractivity contribution in [3.8, 4) is 0 Å². The van der Waals surface area contributed by atoms with E-state index >= 15 is 0 Å². The van der Waals surface area contributed by atoms with Crippen molar-refractivity contribution in [2.24, 2.45) is 0 Å². The molecular weight excluding hydrogens is 243 g/mol. The van der Waals surface area contributed by atoms with Crippen LogP contribution in [0, 0.1) is 24.4 Å². The number of nitrogens with zero attached hydrogens (tertiary/aromatic N) is 1. The molecular formula is C12H10F3N3. The maximum atomic E-state index is 13.4. The van der Waals surface area contributed by atoms with E-state index in [1.54, 1.807) is 13.0 Å². The molecule has 94 valence electrons. The lowest BCUT2D eigenvalue weighted by Gasteiger charge is -2.10. The van der Waals surface area contributed by atoms with Gasteiger partial charge < -0.3 is 11.1 Å². The minimum atomic E-state index is -1.26. The van der Waals surface area contributed by atoms with Gasteiger partial charge in [0.1, 0.15) is 11.6 Å². The van der Waals surface area contributed by atoms with Gasteiger partial charge in [-0.15, -0.1) is 0 Å². The van der Waals surface area contributed by atoms with E-state index in [9.17, 15) is 13.2 Å². The van der Waals surface area contributed by atoms with E-state index in [4.69, 9.17) is 5.73 Å². The summed E-state index contributed by atoms with van der Waals surface area (Å²) in [6.45, 7) is 1.69. The predicted molar refractivity (Wildman–Crippen MR) is 63.0 cm³/mol. The number of nitrogen functional groups attached to an aromatic ring is 1. The van der Waals surface area contributed by atoms with Crippen LogP contribution in [0.4, 0.5) is 30.4 Å². The summed E-state index contributed by atoms with van der Waals surface area (Å²) in [6.07, 6.45) is 1.36. The largest absolute Gasteiger partial charge is 0.397 e.